The summed E-state index contributed by atoms with van der Waals surface area (Å²) in [4.78, 5) is 0. The summed E-state index contributed by atoms with van der Waals surface area (Å²) in [5.74, 6) is 1.07. The van der Waals surface area contributed by atoms with Crippen LogP contribution in [-0.2, 0) is 0 Å². The van der Waals surface area contributed by atoms with Crippen molar-refractivity contribution in [1.82, 2.24) is 5.32 Å². The fourth-order valence-corrected chi connectivity index (χ4v) is 3.06. The molecule has 0 saturated carbocycles. The monoisotopic (exact) mass is 277 g/mol. The van der Waals surface area contributed by atoms with Crippen LogP contribution in [0.3, 0.4) is 0 Å². The Hall–Kier alpha value is -1.06. The van der Waals surface area contributed by atoms with Crippen molar-refractivity contribution in [2.24, 2.45) is 0 Å². The molecule has 0 amide bonds. The number of hydrogen-bond donors (Lipinski definition) is 2. The Morgan fingerprint density at radius 2 is 2.20 bits per heavy atom. The molecule has 3 heteroatoms. The van der Waals surface area contributed by atoms with Crippen LogP contribution in [0.5, 0.6) is 5.75 Å². The van der Waals surface area contributed by atoms with E-state index in [1.807, 2.05) is 0 Å². The number of aliphatic hydroxyl groups is 1. The number of fused-ring (bicyclic) bond motifs is 1. The third-order valence-corrected chi connectivity index (χ3v) is 3.99. The normalized spacial score (nSPS) is 19.9. The summed E-state index contributed by atoms with van der Waals surface area (Å²) in [5, 5.41) is 12.7. The summed E-state index contributed by atoms with van der Waals surface area (Å²) < 4.78 is 5.95. The fourth-order valence-electron chi connectivity index (χ4n) is 3.06. The minimum absolute atomic E-state index is 0.272. The van der Waals surface area contributed by atoms with Gasteiger partial charge in [0.2, 0.25) is 0 Å². The smallest absolute Gasteiger partial charge is 0.126 e. The van der Waals surface area contributed by atoms with E-state index in [9.17, 15) is 0 Å². The van der Waals surface area contributed by atoms with Crippen molar-refractivity contribution in [1.29, 1.82) is 0 Å². The maximum Gasteiger partial charge on any atom is 0.126 e. The lowest BCUT2D eigenvalue weighted by molar-refractivity contribution is 0.272. The van der Waals surface area contributed by atoms with E-state index in [0.717, 1.165) is 38.0 Å². The van der Waals surface area contributed by atoms with Crippen molar-refractivity contribution in [2.75, 3.05) is 13.2 Å². The highest BCUT2D eigenvalue weighted by atomic mass is 16.5. The minimum atomic E-state index is 0.272. The van der Waals surface area contributed by atoms with E-state index in [2.05, 4.69) is 38.2 Å². The summed E-state index contributed by atoms with van der Waals surface area (Å²) in [6, 6.07) is 5.22. The molecule has 2 rings (SSSR count). The van der Waals surface area contributed by atoms with E-state index in [0.29, 0.717) is 12.1 Å². The molecule has 0 fully saturated rings. The number of aryl methyl sites for hydroxylation is 2. The predicted octanol–water partition coefficient (Wildman–Crippen LogP) is 3.27. The van der Waals surface area contributed by atoms with Crippen LogP contribution in [0.2, 0.25) is 0 Å². The third kappa shape index (κ3) is 3.74. The van der Waals surface area contributed by atoms with Gasteiger partial charge in [-0.3, -0.25) is 0 Å². The van der Waals surface area contributed by atoms with Gasteiger partial charge >= 0.3 is 0 Å². The van der Waals surface area contributed by atoms with Crippen molar-refractivity contribution in [3.63, 3.8) is 0 Å². The molecule has 1 aromatic carbocycles. The first-order valence-corrected chi connectivity index (χ1v) is 7.72. The van der Waals surface area contributed by atoms with Crippen LogP contribution in [0.25, 0.3) is 0 Å². The highest BCUT2D eigenvalue weighted by Gasteiger charge is 2.22. The van der Waals surface area contributed by atoms with Gasteiger partial charge in [0, 0.05) is 24.3 Å². The zero-order valence-electron chi connectivity index (χ0n) is 12.9. The lowest BCUT2D eigenvalue weighted by atomic mass is 9.96. The molecule has 20 heavy (non-hydrogen) atoms. The quantitative estimate of drug-likeness (QED) is 0.868. The lowest BCUT2D eigenvalue weighted by Crippen LogP contribution is -2.30. The standard InChI is InChI=1S/C17H27NO2/c1-12-10-13(2)17-15(11-12)16(7-5-9-20-17)18-14(3)6-4-8-19/h10-11,14,16,18-19H,4-9H2,1-3H3. The highest BCUT2D eigenvalue weighted by Crippen LogP contribution is 2.35. The first-order valence-electron chi connectivity index (χ1n) is 7.72. The molecule has 3 nitrogen and oxygen atoms in total. The molecular formula is C17H27NO2. The first kappa shape index (κ1) is 15.3. The van der Waals surface area contributed by atoms with Crippen LogP contribution < -0.4 is 10.1 Å². The van der Waals surface area contributed by atoms with Gasteiger partial charge in [-0.1, -0.05) is 17.7 Å². The Balaban J connectivity index is 2.18. The Morgan fingerprint density at radius 1 is 1.40 bits per heavy atom. The number of aliphatic hydroxyl groups excluding tert-OH is 1. The molecule has 0 radical (unpaired) electrons. The summed E-state index contributed by atoms with van der Waals surface area (Å²) in [6.45, 7) is 7.55. The molecule has 1 aromatic rings. The van der Waals surface area contributed by atoms with Crippen LogP contribution in [0.1, 0.15) is 55.3 Å². The third-order valence-electron chi connectivity index (χ3n) is 3.99. The van der Waals surface area contributed by atoms with Gasteiger partial charge < -0.3 is 15.2 Å². The molecule has 2 N–H and O–H groups in total. The van der Waals surface area contributed by atoms with Crippen molar-refractivity contribution in [2.45, 2.75) is 58.5 Å². The number of benzene rings is 1. The molecule has 1 aliphatic rings. The van der Waals surface area contributed by atoms with Gasteiger partial charge in [0.05, 0.1) is 6.61 Å². The Kier molecular flexibility index (Phi) is 5.44. The molecule has 0 aliphatic carbocycles. The second-order valence-corrected chi connectivity index (χ2v) is 5.98. The second kappa shape index (κ2) is 7.09. The topological polar surface area (TPSA) is 41.5 Å². The Labute approximate surface area is 122 Å². The van der Waals surface area contributed by atoms with E-state index in [1.54, 1.807) is 0 Å². The minimum Gasteiger partial charge on any atom is -0.493 e. The maximum atomic E-state index is 8.95. The van der Waals surface area contributed by atoms with Gasteiger partial charge in [0.25, 0.3) is 0 Å². The summed E-state index contributed by atoms with van der Waals surface area (Å²) in [6.07, 6.45) is 4.06. The van der Waals surface area contributed by atoms with Gasteiger partial charge in [0.15, 0.2) is 0 Å². The van der Waals surface area contributed by atoms with Gasteiger partial charge in [-0.05, 0) is 52.0 Å². The zero-order chi connectivity index (χ0) is 14.5. The van der Waals surface area contributed by atoms with Crippen molar-refractivity contribution in [3.05, 3.63) is 28.8 Å². The largest absolute Gasteiger partial charge is 0.493 e. The fraction of sp³-hybridized carbons (Fsp3) is 0.647. The average molecular weight is 277 g/mol. The maximum absolute atomic E-state index is 8.95. The molecule has 1 heterocycles. The molecular weight excluding hydrogens is 250 g/mol. The van der Waals surface area contributed by atoms with E-state index in [-0.39, 0.29) is 6.61 Å². The molecule has 0 bridgehead atoms. The van der Waals surface area contributed by atoms with E-state index < -0.39 is 0 Å². The van der Waals surface area contributed by atoms with E-state index >= 15 is 0 Å². The molecule has 0 saturated heterocycles. The van der Waals surface area contributed by atoms with Crippen molar-refractivity contribution >= 4 is 0 Å². The van der Waals surface area contributed by atoms with Crippen LogP contribution in [0, 0.1) is 13.8 Å². The lowest BCUT2D eigenvalue weighted by Gasteiger charge is -2.24. The summed E-state index contributed by atoms with van der Waals surface area (Å²) in [7, 11) is 0. The van der Waals surface area contributed by atoms with Gasteiger partial charge in [-0.25, -0.2) is 0 Å². The Morgan fingerprint density at radius 3 is 2.95 bits per heavy atom. The first-order chi connectivity index (χ1) is 9.61. The molecule has 0 aromatic heterocycles. The SMILES string of the molecule is Cc1cc(C)c2c(c1)C(NC(C)CCCO)CCCO2. The molecule has 0 spiro atoms. The predicted molar refractivity (Wildman–Crippen MR) is 82.3 cm³/mol. The van der Waals surface area contributed by atoms with Gasteiger partial charge in [-0.2, -0.15) is 0 Å². The number of ether oxygens (including phenoxy) is 1. The number of rotatable bonds is 5. The van der Waals surface area contributed by atoms with Crippen LogP contribution >= 0.6 is 0 Å². The van der Waals surface area contributed by atoms with Crippen LogP contribution in [0.15, 0.2) is 12.1 Å². The van der Waals surface area contributed by atoms with Gasteiger partial charge in [0.1, 0.15) is 5.75 Å². The van der Waals surface area contributed by atoms with Crippen LogP contribution in [0.4, 0.5) is 0 Å². The summed E-state index contributed by atoms with van der Waals surface area (Å²) in [5.41, 5.74) is 3.83. The Bertz CT molecular complexity index is 445. The van der Waals surface area contributed by atoms with Crippen molar-refractivity contribution < 1.29 is 9.84 Å². The molecule has 2 atom stereocenters. The molecule has 112 valence electrons. The van der Waals surface area contributed by atoms with E-state index in [4.69, 9.17) is 9.84 Å². The van der Waals surface area contributed by atoms with E-state index in [1.165, 1.54) is 16.7 Å². The second-order valence-electron chi connectivity index (χ2n) is 5.98. The van der Waals surface area contributed by atoms with Gasteiger partial charge in [-0.15, -0.1) is 0 Å². The number of nitrogens with one attached hydrogen (secondary N) is 1. The molecule has 1 aliphatic heterocycles. The zero-order valence-corrected chi connectivity index (χ0v) is 12.9. The van der Waals surface area contributed by atoms with Crippen molar-refractivity contribution in [3.8, 4) is 5.75 Å². The highest BCUT2D eigenvalue weighted by molar-refractivity contribution is 5.46. The molecule has 2 unspecified atom stereocenters. The number of hydrogen-bond acceptors (Lipinski definition) is 3. The van der Waals surface area contributed by atoms with Crippen LogP contribution in [-0.4, -0.2) is 24.4 Å². The summed E-state index contributed by atoms with van der Waals surface area (Å²) >= 11 is 0. The average Bonchev–Trinajstić information content (AvgIpc) is 2.60.